The van der Waals surface area contributed by atoms with Crippen molar-refractivity contribution in [2.75, 3.05) is 32.8 Å². The van der Waals surface area contributed by atoms with Crippen LogP contribution < -0.4 is 0 Å². The summed E-state index contributed by atoms with van der Waals surface area (Å²) in [5.41, 5.74) is 1.41. The normalized spacial score (nSPS) is 23.1. The number of fused-ring (bicyclic) bond motifs is 1. The van der Waals surface area contributed by atoms with Crippen molar-refractivity contribution in [3.63, 3.8) is 0 Å². The molecule has 4 rings (SSSR count). The summed E-state index contributed by atoms with van der Waals surface area (Å²) in [6.45, 7) is 5.94. The number of aliphatic hydroxyl groups excluding tert-OH is 1. The van der Waals surface area contributed by atoms with Crippen molar-refractivity contribution in [1.29, 1.82) is 0 Å². The zero-order valence-electron chi connectivity index (χ0n) is 16.5. The second-order valence-corrected chi connectivity index (χ2v) is 8.54. The Morgan fingerprint density at radius 3 is 2.59 bits per heavy atom. The molecule has 2 fully saturated rings. The molecule has 146 valence electrons. The van der Waals surface area contributed by atoms with Gasteiger partial charge in [-0.3, -0.25) is 4.90 Å². The van der Waals surface area contributed by atoms with E-state index in [1.807, 2.05) is 0 Å². The molecule has 0 unspecified atom stereocenters. The highest BCUT2D eigenvalue weighted by Gasteiger charge is 2.28. The third-order valence-corrected chi connectivity index (χ3v) is 6.65. The van der Waals surface area contributed by atoms with Gasteiger partial charge in [0.15, 0.2) is 0 Å². The molecule has 1 aliphatic carbocycles. The summed E-state index contributed by atoms with van der Waals surface area (Å²) in [5.74, 6) is 0.901. The highest BCUT2D eigenvalue weighted by Crippen LogP contribution is 2.27. The molecule has 1 N–H and O–H groups in total. The molecule has 0 amide bonds. The van der Waals surface area contributed by atoms with Gasteiger partial charge >= 0.3 is 0 Å². The molecule has 1 saturated heterocycles. The van der Waals surface area contributed by atoms with Crippen LogP contribution in [0.25, 0.3) is 10.8 Å². The predicted molar refractivity (Wildman–Crippen MR) is 113 cm³/mol. The largest absolute Gasteiger partial charge is 0.396 e. The number of rotatable bonds is 6. The van der Waals surface area contributed by atoms with E-state index in [2.05, 4.69) is 52.3 Å². The highest BCUT2D eigenvalue weighted by molar-refractivity contribution is 5.85. The van der Waals surface area contributed by atoms with Gasteiger partial charge in [0, 0.05) is 45.4 Å². The number of hydrogen-bond donors (Lipinski definition) is 1. The van der Waals surface area contributed by atoms with E-state index in [1.165, 1.54) is 61.5 Å². The average Bonchev–Trinajstić information content (AvgIpc) is 2.71. The second kappa shape index (κ2) is 9.18. The predicted octanol–water partition coefficient (Wildman–Crippen LogP) is 4.29. The summed E-state index contributed by atoms with van der Waals surface area (Å²) in [7, 11) is 0. The molecule has 3 nitrogen and oxygen atoms in total. The molecule has 2 aliphatic rings. The molecule has 1 heterocycles. The van der Waals surface area contributed by atoms with Crippen molar-refractivity contribution in [1.82, 2.24) is 9.80 Å². The van der Waals surface area contributed by atoms with Gasteiger partial charge in [0.1, 0.15) is 0 Å². The quantitative estimate of drug-likeness (QED) is 0.826. The summed E-state index contributed by atoms with van der Waals surface area (Å²) in [6.07, 6.45) is 7.99. The zero-order chi connectivity index (χ0) is 18.5. The maximum atomic E-state index is 9.64. The Bertz CT molecular complexity index is 720. The first-order valence-electron chi connectivity index (χ1n) is 10.9. The fourth-order valence-electron chi connectivity index (χ4n) is 5.14. The molecule has 1 aliphatic heterocycles. The number of benzene rings is 2. The Morgan fingerprint density at radius 2 is 1.74 bits per heavy atom. The molecule has 0 spiro atoms. The fourth-order valence-corrected chi connectivity index (χ4v) is 5.14. The number of aliphatic hydroxyl groups is 1. The molecule has 2 aromatic rings. The van der Waals surface area contributed by atoms with Crippen LogP contribution in [0, 0.1) is 5.92 Å². The summed E-state index contributed by atoms with van der Waals surface area (Å²) in [6, 6.07) is 15.8. The smallest absolute Gasteiger partial charge is 0.0446 e. The molecular formula is C24H34N2O. The first-order valence-corrected chi connectivity index (χ1v) is 10.9. The standard InChI is InChI=1S/C24H34N2O/c27-16-13-23-19-25(17-20-7-2-1-3-8-20)14-15-26(23)18-22-11-6-10-21-9-4-5-12-24(21)22/h4-6,9-12,20,23,27H,1-3,7-8,13-19H2/t23-/m0/s1. The van der Waals surface area contributed by atoms with E-state index in [0.29, 0.717) is 6.04 Å². The third kappa shape index (κ3) is 4.71. The lowest BCUT2D eigenvalue weighted by Crippen LogP contribution is -2.53. The molecule has 3 heteroatoms. The minimum atomic E-state index is 0.286. The van der Waals surface area contributed by atoms with Crippen LogP contribution in [0.3, 0.4) is 0 Å². The van der Waals surface area contributed by atoms with Crippen molar-refractivity contribution in [3.8, 4) is 0 Å². The minimum Gasteiger partial charge on any atom is -0.396 e. The maximum Gasteiger partial charge on any atom is 0.0446 e. The SMILES string of the molecule is OCC[C@H]1CN(CC2CCCCC2)CCN1Cc1cccc2ccccc12. The molecule has 1 saturated carbocycles. The van der Waals surface area contributed by atoms with Crippen molar-refractivity contribution in [2.45, 2.75) is 51.1 Å². The van der Waals surface area contributed by atoms with E-state index in [-0.39, 0.29) is 6.61 Å². The summed E-state index contributed by atoms with van der Waals surface area (Å²) >= 11 is 0. The van der Waals surface area contributed by atoms with Gasteiger partial charge in [-0.05, 0) is 41.5 Å². The first kappa shape index (κ1) is 18.9. The molecule has 0 radical (unpaired) electrons. The van der Waals surface area contributed by atoms with Crippen molar-refractivity contribution < 1.29 is 5.11 Å². The Kier molecular flexibility index (Phi) is 6.43. The van der Waals surface area contributed by atoms with Crippen molar-refractivity contribution in [3.05, 3.63) is 48.0 Å². The van der Waals surface area contributed by atoms with Gasteiger partial charge in [0.25, 0.3) is 0 Å². The average molecular weight is 367 g/mol. The van der Waals surface area contributed by atoms with Gasteiger partial charge in [0.05, 0.1) is 0 Å². The lowest BCUT2D eigenvalue weighted by Gasteiger charge is -2.43. The van der Waals surface area contributed by atoms with E-state index < -0.39 is 0 Å². The van der Waals surface area contributed by atoms with E-state index >= 15 is 0 Å². The van der Waals surface area contributed by atoms with Crippen LogP contribution in [-0.4, -0.2) is 53.7 Å². The van der Waals surface area contributed by atoms with Gasteiger partial charge in [0.2, 0.25) is 0 Å². The number of piperazine rings is 1. The summed E-state index contributed by atoms with van der Waals surface area (Å²) in [5, 5.41) is 12.3. The lowest BCUT2D eigenvalue weighted by molar-refractivity contribution is 0.0429. The van der Waals surface area contributed by atoms with Crippen LogP contribution in [-0.2, 0) is 6.54 Å². The zero-order valence-corrected chi connectivity index (χ0v) is 16.5. The third-order valence-electron chi connectivity index (χ3n) is 6.65. The minimum absolute atomic E-state index is 0.286. The molecule has 0 aromatic heterocycles. The number of hydrogen-bond acceptors (Lipinski definition) is 3. The van der Waals surface area contributed by atoms with Gasteiger partial charge < -0.3 is 10.0 Å². The van der Waals surface area contributed by atoms with E-state index in [0.717, 1.165) is 32.0 Å². The van der Waals surface area contributed by atoms with Crippen LogP contribution in [0.5, 0.6) is 0 Å². The van der Waals surface area contributed by atoms with Crippen molar-refractivity contribution >= 4 is 10.8 Å². The summed E-state index contributed by atoms with van der Waals surface area (Å²) < 4.78 is 0. The van der Waals surface area contributed by atoms with Crippen LogP contribution in [0.2, 0.25) is 0 Å². The Labute approximate surface area is 164 Å². The Hall–Kier alpha value is -1.42. The lowest BCUT2D eigenvalue weighted by atomic mass is 9.88. The van der Waals surface area contributed by atoms with Gasteiger partial charge in [-0.15, -0.1) is 0 Å². The van der Waals surface area contributed by atoms with Gasteiger partial charge in [-0.1, -0.05) is 61.7 Å². The Morgan fingerprint density at radius 1 is 0.926 bits per heavy atom. The Balaban J connectivity index is 1.43. The van der Waals surface area contributed by atoms with E-state index in [4.69, 9.17) is 0 Å². The van der Waals surface area contributed by atoms with Gasteiger partial charge in [-0.25, -0.2) is 0 Å². The van der Waals surface area contributed by atoms with Crippen LogP contribution >= 0.6 is 0 Å². The van der Waals surface area contributed by atoms with Crippen LogP contribution in [0.15, 0.2) is 42.5 Å². The molecular weight excluding hydrogens is 332 g/mol. The van der Waals surface area contributed by atoms with Crippen molar-refractivity contribution in [2.24, 2.45) is 5.92 Å². The topological polar surface area (TPSA) is 26.7 Å². The summed E-state index contributed by atoms with van der Waals surface area (Å²) in [4.78, 5) is 5.28. The molecule has 2 aromatic carbocycles. The molecule has 1 atom stereocenters. The highest BCUT2D eigenvalue weighted by atomic mass is 16.3. The molecule has 0 bridgehead atoms. The van der Waals surface area contributed by atoms with E-state index in [9.17, 15) is 5.11 Å². The first-order chi connectivity index (χ1) is 13.3. The van der Waals surface area contributed by atoms with Crippen LogP contribution in [0.1, 0.15) is 44.1 Å². The maximum absolute atomic E-state index is 9.64. The number of nitrogens with zero attached hydrogens (tertiary/aromatic N) is 2. The van der Waals surface area contributed by atoms with Crippen LogP contribution in [0.4, 0.5) is 0 Å². The molecule has 27 heavy (non-hydrogen) atoms. The second-order valence-electron chi connectivity index (χ2n) is 8.54. The fraction of sp³-hybridized carbons (Fsp3) is 0.583. The monoisotopic (exact) mass is 366 g/mol. The van der Waals surface area contributed by atoms with Gasteiger partial charge in [-0.2, -0.15) is 0 Å². The van der Waals surface area contributed by atoms with E-state index in [1.54, 1.807) is 0 Å².